The summed E-state index contributed by atoms with van der Waals surface area (Å²) < 4.78 is 21.7. The number of amides is 7. The molecule has 0 aliphatic carbocycles. The maximum atomic E-state index is 15.7. The van der Waals surface area contributed by atoms with E-state index in [0.717, 1.165) is 50.0 Å². The molecule has 2 heterocycles. The summed E-state index contributed by atoms with van der Waals surface area (Å²) in [5.74, 6) is -5.21. The first-order chi connectivity index (χ1) is 35.8. The molecule has 0 saturated carbocycles. The number of carbonyl (C=O) groups excluding carboxylic acids is 7. The first-order valence-corrected chi connectivity index (χ1v) is 28.0. The summed E-state index contributed by atoms with van der Waals surface area (Å²) >= 11 is 1.08. The molecule has 7 amide bonds. The molecule has 21 heteroatoms. The number of alkyl carbamates (subject to hydrolysis) is 1. The average Bonchev–Trinajstić information content (AvgIpc) is 3.87. The van der Waals surface area contributed by atoms with Crippen LogP contribution in [0.25, 0.3) is 0 Å². The molecule has 1 saturated heterocycles. The summed E-state index contributed by atoms with van der Waals surface area (Å²) in [5.41, 5.74) is -1.19. The summed E-state index contributed by atoms with van der Waals surface area (Å²) in [7, 11) is 3.35. The number of nitrogens with one attached hydrogen (secondary N) is 6. The van der Waals surface area contributed by atoms with Gasteiger partial charge in [-0.25, -0.2) is 14.2 Å². The number of ether oxygens (including phenoxy) is 1. The second-order valence-corrected chi connectivity index (χ2v) is 22.6. The van der Waals surface area contributed by atoms with Crippen molar-refractivity contribution in [2.75, 3.05) is 32.5 Å². The van der Waals surface area contributed by atoms with Crippen LogP contribution in [0, 0.1) is 29.0 Å². The van der Waals surface area contributed by atoms with Gasteiger partial charge in [0.2, 0.25) is 29.5 Å². The van der Waals surface area contributed by atoms with Gasteiger partial charge in [-0.3, -0.25) is 38.5 Å². The van der Waals surface area contributed by atoms with Crippen molar-refractivity contribution < 1.29 is 52.6 Å². The van der Waals surface area contributed by atoms with Crippen LogP contribution in [0.15, 0.2) is 23.6 Å². The fourth-order valence-corrected chi connectivity index (χ4v) is 10.0. The number of thiazole rings is 1. The van der Waals surface area contributed by atoms with Crippen LogP contribution in [0.2, 0.25) is 0 Å². The number of halogens is 1. The van der Waals surface area contributed by atoms with Crippen LogP contribution < -0.4 is 31.9 Å². The molecule has 0 unspecified atom stereocenters. The standard InChI is InChI=1S/C55H88FN9O10S/c1-14-17-18-20-26-65(52(71)46(34(8)15-2)63-49(69)41-22-19-21-25-64(41)13)42(32(4)5)29-43(75-54(74)57-12)51-61-40(31-76-51)48(68)59-37(30-55(10,11)53(72)73)27-36-23-24-39(38(56)28-36)60-47(67)35(9)58-50(70)45(33(6)7)62-44(66)16-3/h23-24,28,31-35,37,41-43,45-46H,14-22,25-27,29-30H2,1-13H3,(H,57,74)(H,58,70)(H,59,68)(H,60,67)(H,62,66)(H,63,69)(H,72,73)/t34-,35-,37-,41+,42+,43+,45-,46-/m0/s1. The number of hydrogen-bond acceptors (Lipinski definition) is 12. The van der Waals surface area contributed by atoms with E-state index in [2.05, 4.69) is 43.8 Å². The van der Waals surface area contributed by atoms with Gasteiger partial charge in [0.15, 0.2) is 6.10 Å². The van der Waals surface area contributed by atoms with Crippen LogP contribution in [0.3, 0.4) is 0 Å². The number of likely N-dealkylation sites (N-methyl/N-ethyl adjacent to an activating group) is 1. The largest absolute Gasteiger partial charge is 0.481 e. The Morgan fingerprint density at radius 3 is 2.18 bits per heavy atom. The van der Waals surface area contributed by atoms with E-state index in [4.69, 9.17) is 4.74 Å². The monoisotopic (exact) mass is 1090 g/mol. The number of piperidine rings is 1. The Morgan fingerprint density at radius 1 is 0.908 bits per heavy atom. The highest BCUT2D eigenvalue weighted by atomic mass is 32.1. The van der Waals surface area contributed by atoms with Crippen molar-refractivity contribution in [1.29, 1.82) is 0 Å². The van der Waals surface area contributed by atoms with E-state index < -0.39 is 77.3 Å². The number of unbranched alkanes of at least 4 members (excludes halogenated alkanes) is 3. The molecule has 426 valence electrons. The number of rotatable bonds is 30. The van der Waals surface area contributed by atoms with Crippen LogP contribution in [0.1, 0.15) is 174 Å². The number of aliphatic carboxylic acids is 1. The Balaban J connectivity index is 1.93. The molecule has 2 aromatic rings. The zero-order valence-electron chi connectivity index (χ0n) is 47.2. The maximum Gasteiger partial charge on any atom is 0.407 e. The number of hydrogen-bond donors (Lipinski definition) is 7. The number of aromatic nitrogens is 1. The number of carboxylic acids is 1. The molecule has 0 bridgehead atoms. The van der Waals surface area contributed by atoms with E-state index in [1.54, 1.807) is 20.8 Å². The normalized spacial score (nSPS) is 16.8. The zero-order valence-corrected chi connectivity index (χ0v) is 48.0. The Bertz CT molecular complexity index is 2280. The Morgan fingerprint density at radius 2 is 1.61 bits per heavy atom. The molecule has 1 fully saturated rings. The Labute approximate surface area is 453 Å². The predicted molar refractivity (Wildman–Crippen MR) is 292 cm³/mol. The topological polar surface area (TPSA) is 258 Å². The summed E-state index contributed by atoms with van der Waals surface area (Å²) in [6.45, 7) is 20.8. The molecule has 1 aromatic heterocycles. The van der Waals surface area contributed by atoms with Crippen molar-refractivity contribution >= 4 is 64.5 Å². The number of likely N-dealkylation sites (tertiary alicyclic amines) is 1. The van der Waals surface area contributed by atoms with Crippen LogP contribution in [-0.4, -0.2) is 131 Å². The third-order valence-corrected chi connectivity index (χ3v) is 15.2. The summed E-state index contributed by atoms with van der Waals surface area (Å²) in [5, 5.41) is 28.1. The van der Waals surface area contributed by atoms with Crippen LogP contribution in [0.4, 0.5) is 14.9 Å². The van der Waals surface area contributed by atoms with Gasteiger partial charge in [0.1, 0.15) is 34.6 Å². The van der Waals surface area contributed by atoms with E-state index >= 15 is 9.18 Å². The minimum Gasteiger partial charge on any atom is -0.481 e. The van der Waals surface area contributed by atoms with Crippen LogP contribution >= 0.6 is 11.3 Å². The number of carboxylic acid groups (broad SMARTS) is 1. The molecular formula is C55H88FN9O10S. The lowest BCUT2D eigenvalue weighted by Gasteiger charge is -2.40. The lowest BCUT2D eigenvalue weighted by atomic mass is 9.84. The van der Waals surface area contributed by atoms with E-state index in [-0.39, 0.29) is 83.6 Å². The summed E-state index contributed by atoms with van der Waals surface area (Å²) in [6, 6.07) is -0.464. The smallest absolute Gasteiger partial charge is 0.407 e. The van der Waals surface area contributed by atoms with Gasteiger partial charge < -0.3 is 46.6 Å². The first-order valence-electron chi connectivity index (χ1n) is 27.2. The van der Waals surface area contributed by atoms with Gasteiger partial charge in [0, 0.05) is 43.9 Å². The molecule has 1 aliphatic rings. The van der Waals surface area contributed by atoms with Crippen molar-refractivity contribution in [3.05, 3.63) is 45.7 Å². The van der Waals surface area contributed by atoms with E-state index in [9.17, 15) is 38.7 Å². The van der Waals surface area contributed by atoms with Gasteiger partial charge in [0.05, 0.1) is 17.1 Å². The van der Waals surface area contributed by atoms with Gasteiger partial charge >= 0.3 is 12.1 Å². The molecule has 1 aliphatic heterocycles. The van der Waals surface area contributed by atoms with Crippen molar-refractivity contribution in [2.45, 2.75) is 196 Å². The summed E-state index contributed by atoms with van der Waals surface area (Å²) in [4.78, 5) is 115. The molecule has 19 nitrogen and oxygen atoms in total. The lowest BCUT2D eigenvalue weighted by Crippen LogP contribution is -2.59. The van der Waals surface area contributed by atoms with Crippen molar-refractivity contribution in [3.63, 3.8) is 0 Å². The van der Waals surface area contributed by atoms with Crippen molar-refractivity contribution in [3.8, 4) is 0 Å². The minimum absolute atomic E-state index is 0.0207. The van der Waals surface area contributed by atoms with Crippen molar-refractivity contribution in [1.82, 2.24) is 41.4 Å². The predicted octanol–water partition coefficient (Wildman–Crippen LogP) is 7.35. The second kappa shape index (κ2) is 30.9. The van der Waals surface area contributed by atoms with Gasteiger partial charge in [-0.1, -0.05) is 93.6 Å². The third-order valence-electron chi connectivity index (χ3n) is 14.3. The van der Waals surface area contributed by atoms with E-state index in [0.29, 0.717) is 31.4 Å². The molecule has 3 rings (SSSR count). The molecule has 76 heavy (non-hydrogen) atoms. The van der Waals surface area contributed by atoms with Gasteiger partial charge in [0.25, 0.3) is 5.91 Å². The summed E-state index contributed by atoms with van der Waals surface area (Å²) in [6.07, 6.45) is 5.26. The number of anilines is 1. The quantitative estimate of drug-likeness (QED) is 0.0379. The highest BCUT2D eigenvalue weighted by molar-refractivity contribution is 7.09. The minimum atomic E-state index is -1.34. The average molecular weight is 1090 g/mol. The Kier molecular flexibility index (Phi) is 26.3. The fourth-order valence-electron chi connectivity index (χ4n) is 9.20. The van der Waals surface area contributed by atoms with Gasteiger partial charge in [-0.2, -0.15) is 0 Å². The molecule has 7 N–H and O–H groups in total. The SMILES string of the molecule is CCCCCCN(C(=O)[C@@H](NC(=O)[C@H]1CCCCN1C)[C@@H](C)CC)[C@H](C[C@@H](OC(=O)NC)c1nc(C(=O)N[C@@H](Cc2ccc(NC(=O)[C@H](C)NC(=O)[C@@H](NC(=O)CC)C(C)C)c(F)c2)CC(C)(C)C(=O)O)cs1)C(C)C. The van der Waals surface area contributed by atoms with Gasteiger partial charge in [-0.05, 0) is 102 Å². The first kappa shape index (κ1) is 64.6. The molecular weight excluding hydrogens is 998 g/mol. The van der Waals surface area contributed by atoms with E-state index in [1.165, 1.54) is 51.4 Å². The fraction of sp³-hybridized carbons (Fsp3) is 0.691. The Hall–Kier alpha value is -5.70. The zero-order chi connectivity index (χ0) is 57.0. The molecule has 1 aromatic carbocycles. The van der Waals surface area contributed by atoms with Crippen LogP contribution in [-0.2, 0) is 39.9 Å². The van der Waals surface area contributed by atoms with Crippen LogP contribution in [0.5, 0.6) is 0 Å². The second-order valence-electron chi connectivity index (χ2n) is 21.7. The highest BCUT2D eigenvalue weighted by Gasteiger charge is 2.39. The van der Waals surface area contributed by atoms with E-state index in [1.807, 2.05) is 44.5 Å². The highest BCUT2D eigenvalue weighted by Crippen LogP contribution is 2.33. The maximum absolute atomic E-state index is 15.7. The number of nitrogens with zero attached hydrogens (tertiary/aromatic N) is 3. The number of carbonyl (C=O) groups is 8. The third kappa shape index (κ3) is 19.4. The lowest BCUT2D eigenvalue weighted by molar-refractivity contribution is -0.147. The van der Waals surface area contributed by atoms with Gasteiger partial charge in [-0.15, -0.1) is 11.3 Å². The molecule has 0 radical (unpaired) electrons. The molecule has 8 atom stereocenters. The van der Waals surface area contributed by atoms with Crippen molar-refractivity contribution in [2.24, 2.45) is 23.2 Å². The molecule has 0 spiro atoms. The number of benzene rings is 1.